The Balaban J connectivity index is 2.05. The fourth-order valence-corrected chi connectivity index (χ4v) is 1.36. The van der Waals surface area contributed by atoms with Gasteiger partial charge in [0.15, 0.2) is 0 Å². The van der Waals surface area contributed by atoms with E-state index in [1.165, 1.54) is 6.42 Å². The van der Waals surface area contributed by atoms with Crippen LogP contribution in [0.1, 0.15) is 18.1 Å². The van der Waals surface area contributed by atoms with Crippen LogP contribution in [0.15, 0.2) is 22.8 Å². The molecule has 2 nitrogen and oxygen atoms in total. The number of hydrogen-bond acceptors (Lipinski definition) is 2. The van der Waals surface area contributed by atoms with Crippen molar-refractivity contribution in [2.24, 2.45) is 11.7 Å². The van der Waals surface area contributed by atoms with E-state index >= 15 is 0 Å². The Morgan fingerprint density at radius 1 is 1.70 bits per heavy atom. The average molecular weight is 137 g/mol. The number of hydrogen-bond donors (Lipinski definition) is 1. The van der Waals surface area contributed by atoms with Gasteiger partial charge in [0.1, 0.15) is 5.76 Å². The summed E-state index contributed by atoms with van der Waals surface area (Å²) < 4.78 is 5.23. The van der Waals surface area contributed by atoms with Crippen LogP contribution in [-0.4, -0.2) is 6.54 Å². The van der Waals surface area contributed by atoms with Crippen molar-refractivity contribution in [1.29, 1.82) is 0 Å². The van der Waals surface area contributed by atoms with E-state index < -0.39 is 0 Å². The standard InChI is InChI=1S/C8H11NO/c9-5-6-4-7(6)8-2-1-3-10-8/h1-3,6-7H,4-5,9H2/t6-,7+/m0/s1. The van der Waals surface area contributed by atoms with Gasteiger partial charge in [0.25, 0.3) is 0 Å². The molecule has 2 rings (SSSR count). The van der Waals surface area contributed by atoms with E-state index in [1.807, 2.05) is 12.1 Å². The van der Waals surface area contributed by atoms with Crippen LogP contribution in [-0.2, 0) is 0 Å². The van der Waals surface area contributed by atoms with Gasteiger partial charge in [-0.2, -0.15) is 0 Å². The van der Waals surface area contributed by atoms with E-state index in [0.29, 0.717) is 11.8 Å². The minimum Gasteiger partial charge on any atom is -0.469 e. The highest BCUT2D eigenvalue weighted by atomic mass is 16.3. The van der Waals surface area contributed by atoms with Crippen molar-refractivity contribution in [3.8, 4) is 0 Å². The van der Waals surface area contributed by atoms with Gasteiger partial charge in [-0.05, 0) is 31.0 Å². The summed E-state index contributed by atoms with van der Waals surface area (Å²) in [5, 5.41) is 0. The molecule has 0 spiro atoms. The van der Waals surface area contributed by atoms with E-state index in [-0.39, 0.29) is 0 Å². The smallest absolute Gasteiger partial charge is 0.107 e. The molecule has 10 heavy (non-hydrogen) atoms. The summed E-state index contributed by atoms with van der Waals surface area (Å²) >= 11 is 0. The van der Waals surface area contributed by atoms with E-state index in [9.17, 15) is 0 Å². The van der Waals surface area contributed by atoms with Gasteiger partial charge in [0.05, 0.1) is 6.26 Å². The quantitative estimate of drug-likeness (QED) is 0.668. The average Bonchev–Trinajstić information content (AvgIpc) is 2.56. The second-order valence-electron chi connectivity index (χ2n) is 2.85. The molecule has 1 fully saturated rings. The molecule has 0 saturated heterocycles. The fourth-order valence-electron chi connectivity index (χ4n) is 1.36. The summed E-state index contributed by atoms with van der Waals surface area (Å²) in [4.78, 5) is 0. The first kappa shape index (κ1) is 5.98. The summed E-state index contributed by atoms with van der Waals surface area (Å²) in [6.07, 6.45) is 2.94. The molecule has 0 unspecified atom stereocenters. The molecule has 1 aliphatic rings. The molecule has 0 amide bonds. The van der Waals surface area contributed by atoms with Crippen LogP contribution in [0.25, 0.3) is 0 Å². The highest BCUT2D eigenvalue weighted by Crippen LogP contribution is 2.46. The highest BCUT2D eigenvalue weighted by molar-refractivity contribution is 5.15. The van der Waals surface area contributed by atoms with Crippen LogP contribution in [0.3, 0.4) is 0 Å². The summed E-state index contributed by atoms with van der Waals surface area (Å²) in [6.45, 7) is 0.797. The maximum absolute atomic E-state index is 5.49. The van der Waals surface area contributed by atoms with Crippen molar-refractivity contribution < 1.29 is 4.42 Å². The molecule has 1 aromatic heterocycles. The Labute approximate surface area is 60.0 Å². The van der Waals surface area contributed by atoms with Gasteiger partial charge >= 0.3 is 0 Å². The van der Waals surface area contributed by atoms with E-state index in [4.69, 9.17) is 10.2 Å². The lowest BCUT2D eigenvalue weighted by Gasteiger charge is -1.89. The molecular weight excluding hydrogens is 126 g/mol. The van der Waals surface area contributed by atoms with Crippen LogP contribution in [0.2, 0.25) is 0 Å². The second kappa shape index (κ2) is 2.13. The molecule has 2 heteroatoms. The maximum atomic E-state index is 5.49. The third-order valence-electron chi connectivity index (χ3n) is 2.13. The summed E-state index contributed by atoms with van der Waals surface area (Å²) in [5.41, 5.74) is 5.49. The molecule has 0 bridgehead atoms. The first-order chi connectivity index (χ1) is 4.92. The molecule has 0 radical (unpaired) electrons. The Morgan fingerprint density at radius 3 is 3.10 bits per heavy atom. The Hall–Kier alpha value is -0.760. The van der Waals surface area contributed by atoms with Crippen LogP contribution in [0.4, 0.5) is 0 Å². The van der Waals surface area contributed by atoms with E-state index in [1.54, 1.807) is 6.26 Å². The SMILES string of the molecule is NC[C@@H]1C[C@H]1c1ccco1. The number of nitrogens with two attached hydrogens (primary N) is 1. The Kier molecular flexibility index (Phi) is 1.27. The fraction of sp³-hybridized carbons (Fsp3) is 0.500. The first-order valence-electron chi connectivity index (χ1n) is 3.65. The Bertz CT molecular complexity index is 205. The topological polar surface area (TPSA) is 39.2 Å². The summed E-state index contributed by atoms with van der Waals surface area (Å²) in [5.74, 6) is 2.42. The monoisotopic (exact) mass is 137 g/mol. The lowest BCUT2D eigenvalue weighted by atomic mass is 10.2. The Morgan fingerprint density at radius 2 is 2.60 bits per heavy atom. The van der Waals surface area contributed by atoms with E-state index in [0.717, 1.165) is 12.3 Å². The molecule has 2 N–H and O–H groups in total. The molecule has 2 atom stereocenters. The maximum Gasteiger partial charge on any atom is 0.107 e. The van der Waals surface area contributed by atoms with Gasteiger partial charge in [-0.25, -0.2) is 0 Å². The zero-order valence-corrected chi connectivity index (χ0v) is 5.79. The van der Waals surface area contributed by atoms with Crippen LogP contribution < -0.4 is 5.73 Å². The zero-order valence-electron chi connectivity index (χ0n) is 5.79. The minimum atomic E-state index is 0.625. The van der Waals surface area contributed by atoms with Crippen molar-refractivity contribution in [3.05, 3.63) is 24.2 Å². The van der Waals surface area contributed by atoms with Crippen molar-refractivity contribution in [2.75, 3.05) is 6.54 Å². The summed E-state index contributed by atoms with van der Waals surface area (Å²) in [6, 6.07) is 3.96. The molecule has 0 aliphatic heterocycles. The largest absolute Gasteiger partial charge is 0.469 e. The number of rotatable bonds is 2. The van der Waals surface area contributed by atoms with Crippen molar-refractivity contribution in [3.63, 3.8) is 0 Å². The van der Waals surface area contributed by atoms with Gasteiger partial charge in [-0.3, -0.25) is 0 Å². The second-order valence-corrected chi connectivity index (χ2v) is 2.85. The lowest BCUT2D eigenvalue weighted by Crippen LogP contribution is -2.01. The number of furan rings is 1. The minimum absolute atomic E-state index is 0.625. The highest BCUT2D eigenvalue weighted by Gasteiger charge is 2.38. The van der Waals surface area contributed by atoms with Gasteiger partial charge < -0.3 is 10.2 Å². The molecular formula is C8H11NO. The van der Waals surface area contributed by atoms with Gasteiger partial charge in [-0.1, -0.05) is 0 Å². The zero-order chi connectivity index (χ0) is 6.97. The third kappa shape index (κ3) is 0.847. The van der Waals surface area contributed by atoms with Gasteiger partial charge in [0.2, 0.25) is 0 Å². The molecule has 1 aliphatic carbocycles. The van der Waals surface area contributed by atoms with Crippen LogP contribution in [0.5, 0.6) is 0 Å². The van der Waals surface area contributed by atoms with Crippen LogP contribution >= 0.6 is 0 Å². The van der Waals surface area contributed by atoms with E-state index in [2.05, 4.69) is 0 Å². The summed E-state index contributed by atoms with van der Waals surface area (Å²) in [7, 11) is 0. The van der Waals surface area contributed by atoms with Crippen LogP contribution in [0, 0.1) is 5.92 Å². The van der Waals surface area contributed by atoms with Gasteiger partial charge in [0, 0.05) is 5.92 Å². The van der Waals surface area contributed by atoms with Gasteiger partial charge in [-0.15, -0.1) is 0 Å². The molecule has 1 aromatic rings. The molecule has 54 valence electrons. The van der Waals surface area contributed by atoms with Crippen molar-refractivity contribution in [1.82, 2.24) is 0 Å². The molecule has 0 aromatic carbocycles. The first-order valence-corrected chi connectivity index (χ1v) is 3.65. The lowest BCUT2D eigenvalue weighted by molar-refractivity contribution is 0.503. The van der Waals surface area contributed by atoms with Crippen molar-refractivity contribution in [2.45, 2.75) is 12.3 Å². The normalized spacial score (nSPS) is 30.5. The third-order valence-corrected chi connectivity index (χ3v) is 2.13. The molecule has 1 heterocycles. The van der Waals surface area contributed by atoms with Crippen molar-refractivity contribution >= 4 is 0 Å². The predicted molar refractivity (Wildman–Crippen MR) is 38.6 cm³/mol. The molecule has 1 saturated carbocycles. The predicted octanol–water partition coefficient (Wildman–Crippen LogP) is 1.34.